The summed E-state index contributed by atoms with van der Waals surface area (Å²) in [5.74, 6) is 0.412. The van der Waals surface area contributed by atoms with E-state index in [2.05, 4.69) is 5.32 Å². The largest absolute Gasteiger partial charge is 0.507 e. The summed E-state index contributed by atoms with van der Waals surface area (Å²) in [6.45, 7) is 6.44. The molecule has 2 rings (SSSR count). The topological polar surface area (TPSA) is 41.5 Å². The predicted octanol–water partition coefficient (Wildman–Crippen LogP) is 2.28. The fourth-order valence-corrected chi connectivity index (χ4v) is 2.31. The third-order valence-electron chi connectivity index (χ3n) is 3.31. The third-order valence-corrected chi connectivity index (χ3v) is 3.31. The average Bonchev–Trinajstić information content (AvgIpc) is 2.34. The fourth-order valence-electron chi connectivity index (χ4n) is 2.31. The number of hydrogen-bond donors (Lipinski definition) is 2. The Bertz CT molecular complexity index is 361. The zero-order valence-corrected chi connectivity index (χ0v) is 10.6. The molecule has 1 heterocycles. The van der Waals surface area contributed by atoms with E-state index in [4.69, 9.17) is 4.74 Å². The first-order chi connectivity index (χ1) is 8.16. The summed E-state index contributed by atoms with van der Waals surface area (Å²) in [4.78, 5) is 0. The van der Waals surface area contributed by atoms with E-state index in [0.29, 0.717) is 11.8 Å². The quantitative estimate of drug-likeness (QED) is 0.844. The van der Waals surface area contributed by atoms with E-state index in [-0.39, 0.29) is 0 Å². The van der Waals surface area contributed by atoms with Crippen LogP contribution in [0.2, 0.25) is 0 Å². The van der Waals surface area contributed by atoms with Crippen LogP contribution in [-0.4, -0.2) is 24.4 Å². The smallest absolute Gasteiger partial charge is 0.121 e. The summed E-state index contributed by atoms with van der Waals surface area (Å²) in [6, 6.07) is 4.55. The molecule has 1 aliphatic heterocycles. The van der Waals surface area contributed by atoms with E-state index >= 15 is 0 Å². The molecule has 1 aliphatic rings. The Balaban J connectivity index is 1.94. The molecule has 1 saturated heterocycles. The zero-order valence-electron chi connectivity index (χ0n) is 10.6. The number of phenolic OH excluding ortho intramolecular Hbond substituents is 1. The summed E-state index contributed by atoms with van der Waals surface area (Å²) in [5, 5.41) is 13.2. The highest BCUT2D eigenvalue weighted by Crippen LogP contribution is 2.22. The number of benzene rings is 1. The zero-order chi connectivity index (χ0) is 12.3. The number of hydrogen-bond acceptors (Lipinski definition) is 3. The number of rotatable bonds is 3. The van der Waals surface area contributed by atoms with Gasteiger partial charge in [-0.15, -0.1) is 0 Å². The van der Waals surface area contributed by atoms with Gasteiger partial charge in [0.2, 0.25) is 0 Å². The number of nitrogens with one attached hydrogen (secondary N) is 1. The molecule has 1 aromatic carbocycles. The van der Waals surface area contributed by atoms with Gasteiger partial charge in [-0.25, -0.2) is 0 Å². The molecule has 1 unspecified atom stereocenters. The third kappa shape index (κ3) is 3.20. The van der Waals surface area contributed by atoms with E-state index in [1.807, 2.05) is 26.0 Å². The van der Waals surface area contributed by atoms with Crippen LogP contribution in [0.5, 0.6) is 5.75 Å². The highest BCUT2D eigenvalue weighted by Gasteiger charge is 2.13. The SMILES string of the molecule is Cc1cc(CNC2CCCOC2)cc(C)c1O. The van der Waals surface area contributed by atoms with Gasteiger partial charge in [0.05, 0.1) is 6.61 Å². The molecule has 94 valence electrons. The van der Waals surface area contributed by atoms with Crippen molar-refractivity contribution < 1.29 is 9.84 Å². The average molecular weight is 235 g/mol. The molecular formula is C14H21NO2. The van der Waals surface area contributed by atoms with Crippen LogP contribution in [0.4, 0.5) is 0 Å². The first kappa shape index (κ1) is 12.4. The lowest BCUT2D eigenvalue weighted by Crippen LogP contribution is -2.36. The highest BCUT2D eigenvalue weighted by atomic mass is 16.5. The second-order valence-electron chi connectivity index (χ2n) is 4.87. The van der Waals surface area contributed by atoms with Gasteiger partial charge in [-0.3, -0.25) is 0 Å². The molecular weight excluding hydrogens is 214 g/mol. The van der Waals surface area contributed by atoms with Crippen molar-refractivity contribution >= 4 is 0 Å². The van der Waals surface area contributed by atoms with Crippen molar-refractivity contribution in [1.82, 2.24) is 5.32 Å². The molecule has 3 nitrogen and oxygen atoms in total. The van der Waals surface area contributed by atoms with Gasteiger partial charge >= 0.3 is 0 Å². The molecule has 0 aliphatic carbocycles. The van der Waals surface area contributed by atoms with Crippen LogP contribution in [0.1, 0.15) is 29.5 Å². The predicted molar refractivity (Wildman–Crippen MR) is 68.3 cm³/mol. The molecule has 17 heavy (non-hydrogen) atoms. The van der Waals surface area contributed by atoms with Gasteiger partial charge < -0.3 is 15.2 Å². The molecule has 0 radical (unpaired) electrons. The van der Waals surface area contributed by atoms with E-state index < -0.39 is 0 Å². The maximum atomic E-state index is 9.71. The second kappa shape index (κ2) is 5.52. The molecule has 1 aromatic rings. The minimum atomic E-state index is 0.412. The van der Waals surface area contributed by atoms with Gasteiger partial charge in [0.1, 0.15) is 5.75 Å². The van der Waals surface area contributed by atoms with Crippen LogP contribution < -0.4 is 5.32 Å². The van der Waals surface area contributed by atoms with E-state index in [1.54, 1.807) is 0 Å². The van der Waals surface area contributed by atoms with Crippen molar-refractivity contribution in [2.24, 2.45) is 0 Å². The van der Waals surface area contributed by atoms with Crippen LogP contribution in [-0.2, 0) is 11.3 Å². The molecule has 0 spiro atoms. The molecule has 1 fully saturated rings. The Labute approximate surface area is 103 Å². The van der Waals surface area contributed by atoms with Gasteiger partial charge in [0.15, 0.2) is 0 Å². The van der Waals surface area contributed by atoms with Crippen LogP contribution in [0, 0.1) is 13.8 Å². The van der Waals surface area contributed by atoms with Gasteiger partial charge in [-0.1, -0.05) is 12.1 Å². The van der Waals surface area contributed by atoms with Crippen molar-refractivity contribution in [3.63, 3.8) is 0 Å². The summed E-state index contributed by atoms with van der Waals surface area (Å²) < 4.78 is 5.43. The fraction of sp³-hybridized carbons (Fsp3) is 0.571. The first-order valence-corrected chi connectivity index (χ1v) is 6.27. The van der Waals surface area contributed by atoms with Gasteiger partial charge in [0, 0.05) is 19.2 Å². The normalized spacial score (nSPS) is 20.5. The Morgan fingerprint density at radius 1 is 1.35 bits per heavy atom. The van der Waals surface area contributed by atoms with Crippen LogP contribution >= 0.6 is 0 Å². The molecule has 0 bridgehead atoms. The van der Waals surface area contributed by atoms with Gasteiger partial charge in [0.25, 0.3) is 0 Å². The molecule has 0 amide bonds. The number of phenols is 1. The van der Waals surface area contributed by atoms with Crippen molar-refractivity contribution in [2.75, 3.05) is 13.2 Å². The summed E-state index contributed by atoms with van der Waals surface area (Å²) in [6.07, 6.45) is 2.33. The number of ether oxygens (including phenoxy) is 1. The highest BCUT2D eigenvalue weighted by molar-refractivity contribution is 5.42. The lowest BCUT2D eigenvalue weighted by Gasteiger charge is -2.23. The number of aryl methyl sites for hydroxylation is 2. The minimum Gasteiger partial charge on any atom is -0.507 e. The van der Waals surface area contributed by atoms with Crippen LogP contribution in [0.25, 0.3) is 0 Å². The van der Waals surface area contributed by atoms with Crippen LogP contribution in [0.3, 0.4) is 0 Å². The van der Waals surface area contributed by atoms with E-state index in [0.717, 1.165) is 37.3 Å². The van der Waals surface area contributed by atoms with Crippen molar-refractivity contribution in [3.05, 3.63) is 28.8 Å². The van der Waals surface area contributed by atoms with Crippen molar-refractivity contribution in [2.45, 2.75) is 39.3 Å². The minimum absolute atomic E-state index is 0.412. The molecule has 1 atom stereocenters. The lowest BCUT2D eigenvalue weighted by molar-refractivity contribution is 0.0699. The molecule has 0 saturated carbocycles. The van der Waals surface area contributed by atoms with Crippen molar-refractivity contribution in [3.8, 4) is 5.75 Å². The van der Waals surface area contributed by atoms with Crippen LogP contribution in [0.15, 0.2) is 12.1 Å². The van der Waals surface area contributed by atoms with E-state index in [9.17, 15) is 5.11 Å². The monoisotopic (exact) mass is 235 g/mol. The van der Waals surface area contributed by atoms with E-state index in [1.165, 1.54) is 12.0 Å². The Kier molecular flexibility index (Phi) is 4.02. The summed E-state index contributed by atoms with van der Waals surface area (Å²) in [7, 11) is 0. The Hall–Kier alpha value is -1.06. The van der Waals surface area contributed by atoms with Gasteiger partial charge in [-0.2, -0.15) is 0 Å². The Morgan fingerprint density at radius 2 is 2.06 bits per heavy atom. The number of aromatic hydroxyl groups is 1. The second-order valence-corrected chi connectivity index (χ2v) is 4.87. The van der Waals surface area contributed by atoms with Crippen molar-refractivity contribution in [1.29, 1.82) is 0 Å². The maximum absolute atomic E-state index is 9.71. The summed E-state index contributed by atoms with van der Waals surface area (Å²) >= 11 is 0. The maximum Gasteiger partial charge on any atom is 0.121 e. The summed E-state index contributed by atoms with van der Waals surface area (Å²) in [5.41, 5.74) is 3.12. The molecule has 3 heteroatoms. The first-order valence-electron chi connectivity index (χ1n) is 6.27. The standard InChI is InChI=1S/C14H21NO2/c1-10-6-12(7-11(2)14(10)16)8-15-13-4-3-5-17-9-13/h6-7,13,15-16H,3-5,8-9H2,1-2H3. The van der Waals surface area contributed by atoms with Gasteiger partial charge in [-0.05, 0) is 43.4 Å². The molecule has 0 aromatic heterocycles. The molecule has 2 N–H and O–H groups in total. The lowest BCUT2D eigenvalue weighted by atomic mass is 10.0. The Morgan fingerprint density at radius 3 is 2.65 bits per heavy atom.